The number of aliphatic hydroxyl groups excluding tert-OH is 1. The van der Waals surface area contributed by atoms with Gasteiger partial charge in [0.2, 0.25) is 0 Å². The number of aliphatic hydroxyl groups is 1. The van der Waals surface area contributed by atoms with E-state index in [0.29, 0.717) is 5.56 Å². The van der Waals surface area contributed by atoms with Crippen LogP contribution >= 0.6 is 0 Å². The molecule has 6 heteroatoms. The van der Waals surface area contributed by atoms with Gasteiger partial charge < -0.3 is 10.2 Å². The Morgan fingerprint density at radius 2 is 2.06 bits per heavy atom. The van der Waals surface area contributed by atoms with Gasteiger partial charge in [-0.2, -0.15) is 0 Å². The molecule has 0 unspecified atom stereocenters. The Labute approximate surface area is 102 Å². The standard InChI is InChI=1S/C12H10O6/c1-17-18-5-9-10(13)7-3-2-6(12(15)16)4-8(7)11(9)14/h2-4,13H,5H2,1H3,(H,15,16). The van der Waals surface area contributed by atoms with Crippen LogP contribution in [0.1, 0.15) is 26.3 Å². The summed E-state index contributed by atoms with van der Waals surface area (Å²) in [6.45, 7) is -0.196. The van der Waals surface area contributed by atoms with Crippen molar-refractivity contribution in [2.75, 3.05) is 13.7 Å². The highest BCUT2D eigenvalue weighted by atomic mass is 17.2. The van der Waals surface area contributed by atoms with Gasteiger partial charge in [0, 0.05) is 11.1 Å². The predicted molar refractivity (Wildman–Crippen MR) is 60.2 cm³/mol. The van der Waals surface area contributed by atoms with Crippen molar-refractivity contribution in [2.24, 2.45) is 0 Å². The Morgan fingerprint density at radius 1 is 1.33 bits per heavy atom. The zero-order valence-corrected chi connectivity index (χ0v) is 9.47. The average molecular weight is 250 g/mol. The van der Waals surface area contributed by atoms with E-state index in [2.05, 4.69) is 9.78 Å². The monoisotopic (exact) mass is 250 g/mol. The molecule has 94 valence electrons. The first-order valence-corrected chi connectivity index (χ1v) is 5.06. The normalized spacial score (nSPS) is 13.9. The molecular formula is C12H10O6. The fraction of sp³-hybridized carbons (Fsp3) is 0.167. The molecule has 0 amide bonds. The zero-order chi connectivity index (χ0) is 13.3. The Kier molecular flexibility index (Phi) is 3.14. The summed E-state index contributed by atoms with van der Waals surface area (Å²) < 4.78 is 0. The van der Waals surface area contributed by atoms with E-state index in [1.165, 1.54) is 25.3 Å². The molecule has 0 saturated heterocycles. The number of carboxylic acids is 1. The fourth-order valence-electron chi connectivity index (χ4n) is 1.76. The minimum Gasteiger partial charge on any atom is -0.507 e. The van der Waals surface area contributed by atoms with Crippen molar-refractivity contribution in [3.05, 3.63) is 40.5 Å². The summed E-state index contributed by atoms with van der Waals surface area (Å²) in [5.41, 5.74) is 0.500. The second-order valence-corrected chi connectivity index (χ2v) is 3.65. The summed E-state index contributed by atoms with van der Waals surface area (Å²) in [6, 6.07) is 3.95. The van der Waals surface area contributed by atoms with E-state index < -0.39 is 11.8 Å². The smallest absolute Gasteiger partial charge is 0.335 e. The third kappa shape index (κ3) is 1.87. The van der Waals surface area contributed by atoms with Crippen LogP contribution in [-0.4, -0.2) is 35.7 Å². The molecule has 0 bridgehead atoms. The minimum absolute atomic E-state index is 0.0104. The number of Topliss-reactive ketones (excluding diaryl/α,β-unsaturated/α-hetero) is 1. The second kappa shape index (κ2) is 4.59. The van der Waals surface area contributed by atoms with Gasteiger partial charge in [-0.25, -0.2) is 14.6 Å². The number of benzene rings is 1. The highest BCUT2D eigenvalue weighted by molar-refractivity contribution is 6.20. The predicted octanol–water partition coefficient (Wildman–Crippen LogP) is 1.43. The molecular weight excluding hydrogens is 240 g/mol. The molecule has 1 aromatic carbocycles. The fourth-order valence-corrected chi connectivity index (χ4v) is 1.76. The quantitative estimate of drug-likeness (QED) is 0.620. The van der Waals surface area contributed by atoms with Crippen LogP contribution in [0.15, 0.2) is 23.8 Å². The van der Waals surface area contributed by atoms with Crippen LogP contribution in [0, 0.1) is 0 Å². The van der Waals surface area contributed by atoms with Gasteiger partial charge in [-0.15, -0.1) is 0 Å². The molecule has 0 fully saturated rings. The minimum atomic E-state index is -1.13. The van der Waals surface area contributed by atoms with Crippen molar-refractivity contribution in [3.8, 4) is 0 Å². The van der Waals surface area contributed by atoms with Gasteiger partial charge in [-0.3, -0.25) is 4.79 Å². The number of carbonyl (C=O) groups excluding carboxylic acids is 1. The molecule has 0 aromatic heterocycles. The number of hydrogen-bond donors (Lipinski definition) is 2. The van der Waals surface area contributed by atoms with E-state index in [4.69, 9.17) is 5.11 Å². The largest absolute Gasteiger partial charge is 0.507 e. The molecule has 1 aliphatic rings. The molecule has 0 saturated carbocycles. The third-order valence-electron chi connectivity index (χ3n) is 2.65. The highest BCUT2D eigenvalue weighted by Gasteiger charge is 2.30. The first-order valence-electron chi connectivity index (χ1n) is 5.06. The van der Waals surface area contributed by atoms with Crippen LogP contribution in [0.5, 0.6) is 0 Å². The van der Waals surface area contributed by atoms with Crippen LogP contribution in [-0.2, 0) is 9.78 Å². The van der Waals surface area contributed by atoms with Gasteiger partial charge in [0.25, 0.3) is 0 Å². The lowest BCUT2D eigenvalue weighted by Crippen LogP contribution is -2.07. The van der Waals surface area contributed by atoms with Gasteiger partial charge in [0.05, 0.1) is 18.2 Å². The third-order valence-corrected chi connectivity index (χ3v) is 2.65. The van der Waals surface area contributed by atoms with Gasteiger partial charge in [0.15, 0.2) is 5.78 Å². The topological polar surface area (TPSA) is 93.1 Å². The highest BCUT2D eigenvalue weighted by Crippen LogP contribution is 2.31. The van der Waals surface area contributed by atoms with Crippen molar-refractivity contribution >= 4 is 17.5 Å². The number of hydrogen-bond acceptors (Lipinski definition) is 5. The SMILES string of the molecule is COOCC1=C(O)c2ccc(C(=O)O)cc2C1=O. The lowest BCUT2D eigenvalue weighted by molar-refractivity contribution is -0.264. The molecule has 1 aliphatic carbocycles. The Balaban J connectivity index is 2.41. The molecule has 6 nitrogen and oxygen atoms in total. The molecule has 0 heterocycles. The molecule has 2 N–H and O–H groups in total. The average Bonchev–Trinajstić information content (AvgIpc) is 2.59. The summed E-state index contributed by atoms with van der Waals surface area (Å²) >= 11 is 0. The number of carboxylic acid groups (broad SMARTS) is 1. The van der Waals surface area contributed by atoms with E-state index in [0.717, 1.165) is 0 Å². The van der Waals surface area contributed by atoms with Crippen molar-refractivity contribution in [1.29, 1.82) is 0 Å². The molecule has 18 heavy (non-hydrogen) atoms. The molecule has 1 aromatic rings. The number of aromatic carboxylic acids is 1. The van der Waals surface area contributed by atoms with Crippen molar-refractivity contribution in [1.82, 2.24) is 0 Å². The number of carbonyl (C=O) groups is 2. The maximum absolute atomic E-state index is 11.9. The zero-order valence-electron chi connectivity index (χ0n) is 9.47. The lowest BCUT2D eigenvalue weighted by Gasteiger charge is -2.00. The number of ketones is 1. The Bertz CT molecular complexity index is 558. The van der Waals surface area contributed by atoms with E-state index in [9.17, 15) is 14.7 Å². The molecule has 2 rings (SSSR count). The van der Waals surface area contributed by atoms with Crippen LogP contribution in [0.3, 0.4) is 0 Å². The summed E-state index contributed by atoms with van der Waals surface area (Å²) in [5, 5.41) is 18.7. The van der Waals surface area contributed by atoms with E-state index in [-0.39, 0.29) is 29.1 Å². The molecule has 0 radical (unpaired) electrons. The van der Waals surface area contributed by atoms with E-state index in [1.54, 1.807) is 0 Å². The van der Waals surface area contributed by atoms with Gasteiger partial charge in [0.1, 0.15) is 12.4 Å². The van der Waals surface area contributed by atoms with E-state index >= 15 is 0 Å². The lowest BCUT2D eigenvalue weighted by atomic mass is 10.0. The molecule has 0 aliphatic heterocycles. The van der Waals surface area contributed by atoms with Crippen molar-refractivity contribution in [3.63, 3.8) is 0 Å². The molecule has 0 spiro atoms. The summed E-state index contributed by atoms with van der Waals surface area (Å²) in [7, 11) is 1.28. The van der Waals surface area contributed by atoms with Crippen LogP contribution in [0.2, 0.25) is 0 Å². The van der Waals surface area contributed by atoms with Crippen LogP contribution < -0.4 is 0 Å². The summed E-state index contributed by atoms with van der Waals surface area (Å²) in [5.74, 6) is -1.79. The Morgan fingerprint density at radius 3 is 2.67 bits per heavy atom. The van der Waals surface area contributed by atoms with Crippen LogP contribution in [0.4, 0.5) is 0 Å². The van der Waals surface area contributed by atoms with E-state index in [1.807, 2.05) is 0 Å². The number of fused-ring (bicyclic) bond motifs is 1. The van der Waals surface area contributed by atoms with Gasteiger partial charge in [-0.05, 0) is 18.2 Å². The van der Waals surface area contributed by atoms with Crippen molar-refractivity contribution in [2.45, 2.75) is 0 Å². The summed E-state index contributed by atoms with van der Waals surface area (Å²) in [6.07, 6.45) is 0. The van der Waals surface area contributed by atoms with Crippen LogP contribution in [0.25, 0.3) is 5.76 Å². The van der Waals surface area contributed by atoms with Gasteiger partial charge >= 0.3 is 5.97 Å². The maximum Gasteiger partial charge on any atom is 0.335 e. The first kappa shape index (κ1) is 12.3. The number of rotatable bonds is 4. The van der Waals surface area contributed by atoms with Gasteiger partial charge in [-0.1, -0.05) is 0 Å². The second-order valence-electron chi connectivity index (χ2n) is 3.65. The first-order chi connectivity index (χ1) is 8.56. The Hall–Kier alpha value is -2.18. The molecule has 0 atom stereocenters. The van der Waals surface area contributed by atoms with Crippen molar-refractivity contribution < 1.29 is 29.6 Å². The maximum atomic E-state index is 11.9. The summed E-state index contributed by atoms with van der Waals surface area (Å²) in [4.78, 5) is 31.7.